The van der Waals surface area contributed by atoms with Gasteiger partial charge in [0.1, 0.15) is 12.1 Å². The second-order valence-electron chi connectivity index (χ2n) is 3.89. The Kier molecular flexibility index (Phi) is 2.68. The molecular formula is C13H10BrN2S+. The number of hydrogen-bond acceptors (Lipinski definition) is 2. The molecule has 84 valence electrons. The average Bonchev–Trinajstić information content (AvgIpc) is 2.72. The van der Waals surface area contributed by atoms with Crippen LogP contribution >= 0.6 is 27.3 Å². The van der Waals surface area contributed by atoms with Gasteiger partial charge in [0.2, 0.25) is 0 Å². The van der Waals surface area contributed by atoms with Crippen molar-refractivity contribution in [1.29, 1.82) is 0 Å². The summed E-state index contributed by atoms with van der Waals surface area (Å²) in [7, 11) is 2.02. The molecule has 0 aliphatic rings. The summed E-state index contributed by atoms with van der Waals surface area (Å²) < 4.78 is 4.34. The van der Waals surface area contributed by atoms with Gasteiger partial charge in [0.15, 0.2) is 12.4 Å². The third kappa shape index (κ3) is 2.10. The van der Waals surface area contributed by atoms with Crippen LogP contribution in [0.25, 0.3) is 20.8 Å². The number of nitrogens with zero attached hydrogens (tertiary/aromatic N) is 2. The Bertz CT molecular complexity index is 691. The molecule has 0 fully saturated rings. The van der Waals surface area contributed by atoms with Crippen LogP contribution in [0.3, 0.4) is 0 Å². The lowest BCUT2D eigenvalue weighted by Gasteiger charge is -1.92. The summed E-state index contributed by atoms with van der Waals surface area (Å²) in [6, 6.07) is 10.3. The SMILES string of the molecule is C[n+]1cccc(-c2nc3ccc(Br)cc3s2)c1. The van der Waals surface area contributed by atoms with Crippen molar-refractivity contribution < 1.29 is 4.57 Å². The number of benzene rings is 1. The van der Waals surface area contributed by atoms with Crippen LogP contribution in [0.5, 0.6) is 0 Å². The van der Waals surface area contributed by atoms with E-state index in [0.717, 1.165) is 20.6 Å². The van der Waals surface area contributed by atoms with E-state index >= 15 is 0 Å². The van der Waals surface area contributed by atoms with Crippen LogP contribution in [-0.2, 0) is 7.05 Å². The van der Waals surface area contributed by atoms with Crippen LogP contribution in [0, 0.1) is 0 Å². The Labute approximate surface area is 112 Å². The molecular weight excluding hydrogens is 296 g/mol. The summed E-state index contributed by atoms with van der Waals surface area (Å²) in [5.41, 5.74) is 2.21. The number of pyridine rings is 1. The van der Waals surface area contributed by atoms with Crippen molar-refractivity contribution in [3.63, 3.8) is 0 Å². The zero-order chi connectivity index (χ0) is 11.8. The van der Waals surface area contributed by atoms with E-state index in [-0.39, 0.29) is 0 Å². The maximum Gasteiger partial charge on any atom is 0.178 e. The fourth-order valence-electron chi connectivity index (χ4n) is 1.74. The minimum atomic E-state index is 1.06. The van der Waals surface area contributed by atoms with Gasteiger partial charge in [-0.15, -0.1) is 11.3 Å². The molecule has 2 heterocycles. The third-order valence-corrected chi connectivity index (χ3v) is 4.10. The van der Waals surface area contributed by atoms with Crippen molar-refractivity contribution in [1.82, 2.24) is 4.98 Å². The normalized spacial score (nSPS) is 10.9. The summed E-state index contributed by atoms with van der Waals surface area (Å²) in [5.74, 6) is 0. The van der Waals surface area contributed by atoms with Gasteiger partial charge in [0.05, 0.1) is 15.8 Å². The standard InChI is InChI=1S/C13H10BrN2S/c1-16-6-2-3-9(8-16)13-15-11-5-4-10(14)7-12(11)17-13/h2-8H,1H3/q+1. The van der Waals surface area contributed by atoms with Crippen LogP contribution in [0.1, 0.15) is 0 Å². The monoisotopic (exact) mass is 305 g/mol. The Morgan fingerprint density at radius 1 is 1.29 bits per heavy atom. The van der Waals surface area contributed by atoms with Crippen molar-refractivity contribution in [2.45, 2.75) is 0 Å². The minimum absolute atomic E-state index is 1.06. The summed E-state index contributed by atoms with van der Waals surface area (Å²) in [6.45, 7) is 0. The van der Waals surface area contributed by atoms with Gasteiger partial charge in [0, 0.05) is 10.5 Å². The molecule has 0 bridgehead atoms. The van der Waals surface area contributed by atoms with Gasteiger partial charge in [-0.05, 0) is 24.3 Å². The second kappa shape index (κ2) is 4.20. The fraction of sp³-hybridized carbons (Fsp3) is 0.0769. The molecule has 4 heteroatoms. The van der Waals surface area contributed by atoms with E-state index in [1.54, 1.807) is 11.3 Å². The molecule has 3 rings (SSSR count). The van der Waals surface area contributed by atoms with E-state index < -0.39 is 0 Å². The molecule has 1 aromatic carbocycles. The minimum Gasteiger partial charge on any atom is -0.236 e. The number of halogens is 1. The Morgan fingerprint density at radius 3 is 3.00 bits per heavy atom. The van der Waals surface area contributed by atoms with Crippen molar-refractivity contribution in [2.75, 3.05) is 0 Å². The Balaban J connectivity index is 2.18. The molecule has 0 radical (unpaired) electrons. The molecule has 0 aliphatic carbocycles. The lowest BCUT2D eigenvalue weighted by Crippen LogP contribution is -2.26. The van der Waals surface area contributed by atoms with Crippen molar-refractivity contribution in [3.8, 4) is 10.6 Å². The van der Waals surface area contributed by atoms with Crippen LogP contribution in [0.2, 0.25) is 0 Å². The third-order valence-electron chi connectivity index (χ3n) is 2.54. The molecule has 0 saturated carbocycles. The molecule has 2 nitrogen and oxygen atoms in total. The number of aromatic nitrogens is 2. The maximum absolute atomic E-state index is 4.65. The van der Waals surface area contributed by atoms with Gasteiger partial charge >= 0.3 is 0 Å². The zero-order valence-corrected chi connectivity index (χ0v) is 11.6. The van der Waals surface area contributed by atoms with E-state index in [2.05, 4.69) is 39.2 Å². The summed E-state index contributed by atoms with van der Waals surface area (Å²) in [6.07, 6.45) is 4.11. The smallest absolute Gasteiger partial charge is 0.178 e. The molecule has 0 saturated heterocycles. The maximum atomic E-state index is 4.65. The molecule has 0 unspecified atom stereocenters. The van der Waals surface area contributed by atoms with E-state index in [1.807, 2.05) is 36.0 Å². The van der Waals surface area contributed by atoms with Gasteiger partial charge < -0.3 is 0 Å². The topological polar surface area (TPSA) is 16.8 Å². The number of rotatable bonds is 1. The van der Waals surface area contributed by atoms with Crippen molar-refractivity contribution in [2.24, 2.45) is 7.05 Å². The van der Waals surface area contributed by atoms with Gasteiger partial charge in [-0.1, -0.05) is 15.9 Å². The van der Waals surface area contributed by atoms with Crippen molar-refractivity contribution in [3.05, 3.63) is 47.2 Å². The molecule has 2 aromatic heterocycles. The highest BCUT2D eigenvalue weighted by Gasteiger charge is 2.08. The van der Waals surface area contributed by atoms with Gasteiger partial charge in [0.25, 0.3) is 0 Å². The number of aryl methyl sites for hydroxylation is 1. The van der Waals surface area contributed by atoms with Crippen LogP contribution in [0.4, 0.5) is 0 Å². The molecule has 0 spiro atoms. The van der Waals surface area contributed by atoms with Gasteiger partial charge in [-0.2, -0.15) is 0 Å². The Hall–Kier alpha value is -1.26. The van der Waals surface area contributed by atoms with E-state index in [1.165, 1.54) is 4.70 Å². The quantitative estimate of drug-likeness (QED) is 0.628. The summed E-state index contributed by atoms with van der Waals surface area (Å²) in [5, 5.41) is 1.06. The van der Waals surface area contributed by atoms with Crippen molar-refractivity contribution >= 4 is 37.5 Å². The molecule has 0 amide bonds. The highest BCUT2D eigenvalue weighted by molar-refractivity contribution is 9.10. The van der Waals surface area contributed by atoms with Gasteiger partial charge in [-0.3, -0.25) is 0 Å². The van der Waals surface area contributed by atoms with E-state index in [0.29, 0.717) is 0 Å². The molecule has 0 atom stereocenters. The summed E-state index contributed by atoms with van der Waals surface area (Å²) >= 11 is 5.20. The predicted molar refractivity (Wildman–Crippen MR) is 73.9 cm³/mol. The lowest BCUT2D eigenvalue weighted by atomic mass is 10.3. The molecule has 0 aliphatic heterocycles. The lowest BCUT2D eigenvalue weighted by molar-refractivity contribution is -0.671. The molecule has 17 heavy (non-hydrogen) atoms. The number of fused-ring (bicyclic) bond motifs is 1. The highest BCUT2D eigenvalue weighted by Crippen LogP contribution is 2.30. The first-order valence-corrected chi connectivity index (χ1v) is 6.85. The van der Waals surface area contributed by atoms with Crippen LogP contribution in [-0.4, -0.2) is 4.98 Å². The summed E-state index contributed by atoms with van der Waals surface area (Å²) in [4.78, 5) is 4.65. The fourth-order valence-corrected chi connectivity index (χ4v) is 3.24. The second-order valence-corrected chi connectivity index (χ2v) is 5.84. The number of hydrogen-bond donors (Lipinski definition) is 0. The van der Waals surface area contributed by atoms with E-state index in [9.17, 15) is 0 Å². The zero-order valence-electron chi connectivity index (χ0n) is 9.22. The predicted octanol–water partition coefficient (Wildman–Crippen LogP) is 3.55. The van der Waals surface area contributed by atoms with Gasteiger partial charge in [-0.25, -0.2) is 9.55 Å². The average molecular weight is 306 g/mol. The first-order chi connectivity index (χ1) is 8.22. The van der Waals surface area contributed by atoms with Crippen LogP contribution < -0.4 is 4.57 Å². The molecule has 3 aromatic rings. The number of thiazole rings is 1. The highest BCUT2D eigenvalue weighted by atomic mass is 79.9. The largest absolute Gasteiger partial charge is 0.236 e. The Morgan fingerprint density at radius 2 is 2.18 bits per heavy atom. The first kappa shape index (κ1) is 10.9. The molecule has 0 N–H and O–H groups in total. The first-order valence-electron chi connectivity index (χ1n) is 5.24. The van der Waals surface area contributed by atoms with E-state index in [4.69, 9.17) is 0 Å². The van der Waals surface area contributed by atoms with Crippen LogP contribution in [0.15, 0.2) is 47.2 Å².